The molecule has 1 saturated carbocycles. The lowest BCUT2D eigenvalue weighted by Crippen LogP contribution is -2.49. The first kappa shape index (κ1) is 16.5. The summed E-state index contributed by atoms with van der Waals surface area (Å²) in [6.07, 6.45) is 4.04. The highest BCUT2D eigenvalue weighted by Crippen LogP contribution is 2.37. The maximum Gasteiger partial charge on any atom is 0.245 e. The largest absolute Gasteiger partial charge is 0.245 e. The molecule has 0 aliphatic heterocycles. The summed E-state index contributed by atoms with van der Waals surface area (Å²) < 4.78 is 27.6. The summed E-state index contributed by atoms with van der Waals surface area (Å²) in [6.45, 7) is 1.91. The molecule has 1 aliphatic carbocycles. The van der Waals surface area contributed by atoms with E-state index in [1.54, 1.807) is 18.2 Å². The van der Waals surface area contributed by atoms with Gasteiger partial charge in [-0.25, -0.2) is 8.42 Å². The molecule has 0 spiro atoms. The second-order valence-corrected chi connectivity index (χ2v) is 8.40. The summed E-state index contributed by atoms with van der Waals surface area (Å²) in [4.78, 5) is 0.218. The number of nitriles is 1. The SMILES string of the molecule is Cc1ccc(S(=O)(=O)N(C)C2(C#N)CCCCC2)c(Br)c1. The maximum absolute atomic E-state index is 12.9. The molecular formula is C15H19BrN2O2S. The number of nitrogens with zero attached hydrogens (tertiary/aromatic N) is 2. The summed E-state index contributed by atoms with van der Waals surface area (Å²) in [7, 11) is -2.17. The Hall–Kier alpha value is -0.900. The predicted octanol–water partition coefficient (Wildman–Crippen LogP) is 3.60. The van der Waals surface area contributed by atoms with Gasteiger partial charge in [0.15, 0.2) is 0 Å². The second kappa shape index (κ2) is 6.07. The van der Waals surface area contributed by atoms with Crippen LogP contribution in [-0.2, 0) is 10.0 Å². The van der Waals surface area contributed by atoms with Crippen molar-refractivity contribution in [1.29, 1.82) is 5.26 Å². The monoisotopic (exact) mass is 370 g/mol. The Kier molecular flexibility index (Phi) is 4.76. The Bertz CT molecular complexity index is 673. The van der Waals surface area contributed by atoms with E-state index in [0.29, 0.717) is 17.3 Å². The van der Waals surface area contributed by atoms with Gasteiger partial charge in [-0.1, -0.05) is 25.3 Å². The van der Waals surface area contributed by atoms with E-state index in [1.807, 2.05) is 6.92 Å². The zero-order chi connectivity index (χ0) is 15.7. The zero-order valence-corrected chi connectivity index (χ0v) is 14.7. The summed E-state index contributed by atoms with van der Waals surface area (Å²) in [5.41, 5.74) is 0.0673. The number of hydrogen-bond acceptors (Lipinski definition) is 3. The zero-order valence-electron chi connectivity index (χ0n) is 12.3. The first-order valence-electron chi connectivity index (χ1n) is 7.00. The molecule has 0 atom stereocenters. The fourth-order valence-electron chi connectivity index (χ4n) is 2.83. The van der Waals surface area contributed by atoms with Gasteiger partial charge >= 0.3 is 0 Å². The number of hydrogen-bond donors (Lipinski definition) is 0. The molecule has 1 fully saturated rings. The molecule has 21 heavy (non-hydrogen) atoms. The fourth-order valence-corrected chi connectivity index (χ4v) is 5.46. The van der Waals surface area contributed by atoms with Gasteiger partial charge in [0.05, 0.1) is 11.0 Å². The Morgan fingerprint density at radius 3 is 2.43 bits per heavy atom. The van der Waals surface area contributed by atoms with Crippen molar-refractivity contribution in [1.82, 2.24) is 4.31 Å². The van der Waals surface area contributed by atoms with Crippen molar-refractivity contribution in [2.75, 3.05) is 7.05 Å². The van der Waals surface area contributed by atoms with Gasteiger partial charge in [0.25, 0.3) is 0 Å². The van der Waals surface area contributed by atoms with E-state index in [4.69, 9.17) is 0 Å². The molecule has 0 radical (unpaired) electrons. The van der Waals surface area contributed by atoms with Crippen LogP contribution in [0.15, 0.2) is 27.6 Å². The number of sulfonamides is 1. The van der Waals surface area contributed by atoms with E-state index in [-0.39, 0.29) is 4.90 Å². The quantitative estimate of drug-likeness (QED) is 0.816. The molecule has 114 valence electrons. The van der Waals surface area contributed by atoms with Crippen molar-refractivity contribution in [2.45, 2.75) is 49.5 Å². The Labute approximate surface area is 134 Å². The van der Waals surface area contributed by atoms with Crippen LogP contribution in [0.2, 0.25) is 0 Å². The van der Waals surface area contributed by atoms with E-state index in [9.17, 15) is 13.7 Å². The highest BCUT2D eigenvalue weighted by molar-refractivity contribution is 9.10. The van der Waals surface area contributed by atoms with Crippen LogP contribution in [0.1, 0.15) is 37.7 Å². The van der Waals surface area contributed by atoms with Crippen LogP contribution in [0.4, 0.5) is 0 Å². The molecule has 1 aromatic carbocycles. The molecule has 4 nitrogen and oxygen atoms in total. The topological polar surface area (TPSA) is 61.2 Å². The van der Waals surface area contributed by atoms with E-state index in [1.165, 1.54) is 11.4 Å². The Balaban J connectivity index is 2.45. The van der Waals surface area contributed by atoms with Gasteiger partial charge in [-0.05, 0) is 53.4 Å². The van der Waals surface area contributed by atoms with Crippen LogP contribution in [0.3, 0.4) is 0 Å². The van der Waals surface area contributed by atoms with Gasteiger partial charge in [-0.2, -0.15) is 9.57 Å². The molecule has 1 aromatic rings. The van der Waals surface area contributed by atoms with Gasteiger partial charge < -0.3 is 0 Å². The average Bonchev–Trinajstić information content (AvgIpc) is 2.46. The van der Waals surface area contributed by atoms with Crippen molar-refractivity contribution < 1.29 is 8.42 Å². The van der Waals surface area contributed by atoms with Gasteiger partial charge in [0, 0.05) is 11.5 Å². The van der Waals surface area contributed by atoms with Crippen LogP contribution >= 0.6 is 15.9 Å². The third-order valence-electron chi connectivity index (χ3n) is 4.22. The van der Waals surface area contributed by atoms with Crippen molar-refractivity contribution in [2.24, 2.45) is 0 Å². The first-order chi connectivity index (χ1) is 9.83. The number of benzene rings is 1. The minimum absolute atomic E-state index is 0.218. The number of aryl methyl sites for hydroxylation is 1. The molecule has 1 aliphatic rings. The van der Waals surface area contributed by atoms with E-state index < -0.39 is 15.6 Å². The Morgan fingerprint density at radius 1 is 1.29 bits per heavy atom. The highest BCUT2D eigenvalue weighted by atomic mass is 79.9. The number of rotatable bonds is 3. The molecular weight excluding hydrogens is 352 g/mol. The first-order valence-corrected chi connectivity index (χ1v) is 9.23. The molecule has 0 unspecified atom stereocenters. The van der Waals surface area contributed by atoms with Gasteiger partial charge in [0.1, 0.15) is 5.54 Å². The van der Waals surface area contributed by atoms with Gasteiger partial charge in [-0.3, -0.25) is 0 Å². The van der Waals surface area contributed by atoms with Gasteiger partial charge in [-0.15, -0.1) is 0 Å². The van der Waals surface area contributed by atoms with Gasteiger partial charge in [0.2, 0.25) is 10.0 Å². The van der Waals surface area contributed by atoms with Crippen molar-refractivity contribution >= 4 is 26.0 Å². The van der Waals surface area contributed by atoms with Crippen LogP contribution in [-0.4, -0.2) is 25.3 Å². The smallest absolute Gasteiger partial charge is 0.207 e. The summed E-state index contributed by atoms with van der Waals surface area (Å²) >= 11 is 3.33. The van der Waals surface area contributed by atoms with Crippen molar-refractivity contribution in [3.63, 3.8) is 0 Å². The second-order valence-electron chi connectivity index (χ2n) is 5.61. The maximum atomic E-state index is 12.9. The molecule has 0 bridgehead atoms. The Morgan fingerprint density at radius 2 is 1.90 bits per heavy atom. The lowest BCUT2D eigenvalue weighted by molar-refractivity contribution is 0.212. The molecule has 0 aromatic heterocycles. The predicted molar refractivity (Wildman–Crippen MR) is 85.3 cm³/mol. The third kappa shape index (κ3) is 3.01. The standard InChI is InChI=1S/C15H19BrN2O2S/c1-12-6-7-14(13(16)10-12)21(19,20)18(2)15(11-17)8-4-3-5-9-15/h6-7,10H,3-5,8-9H2,1-2H3. The molecule has 0 heterocycles. The fraction of sp³-hybridized carbons (Fsp3) is 0.533. The summed E-state index contributed by atoms with van der Waals surface area (Å²) in [5, 5.41) is 9.57. The highest BCUT2D eigenvalue weighted by Gasteiger charge is 2.43. The third-order valence-corrected chi connectivity index (χ3v) is 7.12. The normalized spacial score (nSPS) is 18.4. The molecule has 2 rings (SSSR count). The summed E-state index contributed by atoms with van der Waals surface area (Å²) in [6, 6.07) is 7.40. The minimum Gasteiger partial charge on any atom is -0.207 e. The molecule has 0 amide bonds. The van der Waals surface area contributed by atoms with E-state index in [0.717, 1.165) is 24.8 Å². The van der Waals surface area contributed by atoms with Crippen LogP contribution in [0.25, 0.3) is 0 Å². The molecule has 0 saturated heterocycles. The van der Waals surface area contributed by atoms with Crippen LogP contribution in [0.5, 0.6) is 0 Å². The lowest BCUT2D eigenvalue weighted by atomic mass is 9.83. The summed E-state index contributed by atoms with van der Waals surface area (Å²) in [5.74, 6) is 0. The van der Waals surface area contributed by atoms with E-state index >= 15 is 0 Å². The van der Waals surface area contributed by atoms with E-state index in [2.05, 4.69) is 22.0 Å². The molecule has 0 N–H and O–H groups in total. The average molecular weight is 371 g/mol. The molecule has 6 heteroatoms. The number of halogens is 1. The van der Waals surface area contributed by atoms with Crippen molar-refractivity contribution in [3.8, 4) is 6.07 Å². The minimum atomic E-state index is -3.69. The van der Waals surface area contributed by atoms with Crippen molar-refractivity contribution in [3.05, 3.63) is 28.2 Å². The van der Waals surface area contributed by atoms with Crippen LogP contribution < -0.4 is 0 Å². The lowest BCUT2D eigenvalue weighted by Gasteiger charge is -2.38. The van der Waals surface area contributed by atoms with Crippen LogP contribution in [0, 0.1) is 18.3 Å².